The number of hydrogen-bond acceptors (Lipinski definition) is 8. The zero-order valence-electron chi connectivity index (χ0n) is 47.9. The lowest BCUT2D eigenvalue weighted by molar-refractivity contribution is -0.302. The van der Waals surface area contributed by atoms with E-state index in [4.69, 9.17) is 9.47 Å². The van der Waals surface area contributed by atoms with Crippen LogP contribution < -0.4 is 5.32 Å². The monoisotopic (exact) mass is 1030 g/mol. The quantitative estimate of drug-likeness (QED) is 0.0261. The Hall–Kier alpha value is -1.59. The third kappa shape index (κ3) is 43.1. The first kappa shape index (κ1) is 69.4. The predicted molar refractivity (Wildman–Crippen MR) is 309 cm³/mol. The van der Waals surface area contributed by atoms with E-state index in [1.807, 2.05) is 6.08 Å². The minimum absolute atomic E-state index is 0.183. The van der Waals surface area contributed by atoms with Gasteiger partial charge in [0.1, 0.15) is 24.4 Å². The molecule has 73 heavy (non-hydrogen) atoms. The van der Waals surface area contributed by atoms with Gasteiger partial charge in [-0.05, 0) is 57.8 Å². The van der Waals surface area contributed by atoms with Gasteiger partial charge in [-0.1, -0.05) is 281 Å². The highest BCUT2D eigenvalue weighted by atomic mass is 16.7. The molecule has 430 valence electrons. The van der Waals surface area contributed by atoms with Crippen molar-refractivity contribution in [1.82, 2.24) is 5.32 Å². The topological polar surface area (TPSA) is 149 Å². The molecule has 7 unspecified atom stereocenters. The largest absolute Gasteiger partial charge is 0.394 e. The minimum Gasteiger partial charge on any atom is -0.394 e. The second-order valence-corrected chi connectivity index (χ2v) is 22.2. The maximum Gasteiger partial charge on any atom is 0.220 e. The van der Waals surface area contributed by atoms with E-state index < -0.39 is 49.5 Å². The highest BCUT2D eigenvalue weighted by molar-refractivity contribution is 5.76. The summed E-state index contributed by atoms with van der Waals surface area (Å²) in [6, 6.07) is -0.820. The fourth-order valence-electron chi connectivity index (χ4n) is 10.2. The molecular formula is C64H121NO8. The Morgan fingerprint density at radius 1 is 0.452 bits per heavy atom. The minimum atomic E-state index is -1.57. The van der Waals surface area contributed by atoms with E-state index in [9.17, 15) is 30.3 Å². The van der Waals surface area contributed by atoms with Crippen molar-refractivity contribution in [3.63, 3.8) is 0 Å². The van der Waals surface area contributed by atoms with Crippen LogP contribution in [0.5, 0.6) is 0 Å². The SMILES string of the molecule is CCCCCCCCC/C=C/CC/C=C/C(O)C(COC1OC(CO)C(O)C(O)C1O)NC(=O)CCCCCCCCCCCCCCCCCCC/C=C\CCCCCCCCCCCCCCCCCC. The van der Waals surface area contributed by atoms with Crippen LogP contribution in [0.25, 0.3) is 0 Å². The molecular weight excluding hydrogens is 911 g/mol. The second-order valence-electron chi connectivity index (χ2n) is 22.2. The molecule has 9 heteroatoms. The molecule has 0 aromatic heterocycles. The van der Waals surface area contributed by atoms with E-state index in [1.54, 1.807) is 6.08 Å². The van der Waals surface area contributed by atoms with Gasteiger partial charge >= 0.3 is 0 Å². The summed E-state index contributed by atoms with van der Waals surface area (Å²) in [5.41, 5.74) is 0. The molecule has 1 amide bonds. The van der Waals surface area contributed by atoms with E-state index in [0.717, 1.165) is 38.5 Å². The highest BCUT2D eigenvalue weighted by Crippen LogP contribution is 2.23. The number of unbranched alkanes of at least 4 members (excludes halogenated alkanes) is 41. The van der Waals surface area contributed by atoms with Crippen molar-refractivity contribution < 1.29 is 39.8 Å². The number of amides is 1. The van der Waals surface area contributed by atoms with Gasteiger partial charge in [0.15, 0.2) is 6.29 Å². The Labute approximate surface area is 451 Å². The first-order valence-corrected chi connectivity index (χ1v) is 31.7. The average molecular weight is 1030 g/mol. The Morgan fingerprint density at radius 2 is 0.781 bits per heavy atom. The average Bonchev–Trinajstić information content (AvgIpc) is 3.39. The molecule has 1 rings (SSSR count). The molecule has 1 fully saturated rings. The van der Waals surface area contributed by atoms with Crippen LogP contribution in [-0.2, 0) is 14.3 Å². The molecule has 0 bridgehead atoms. The zero-order chi connectivity index (χ0) is 52.9. The van der Waals surface area contributed by atoms with Crippen molar-refractivity contribution in [2.45, 2.75) is 352 Å². The first-order valence-electron chi connectivity index (χ1n) is 31.7. The number of rotatable bonds is 55. The Kier molecular flexibility index (Phi) is 51.2. The molecule has 0 aromatic carbocycles. The summed E-state index contributed by atoms with van der Waals surface area (Å²) >= 11 is 0. The number of aliphatic hydroxyl groups excluding tert-OH is 5. The number of nitrogens with one attached hydrogen (secondary N) is 1. The number of hydrogen-bond donors (Lipinski definition) is 6. The van der Waals surface area contributed by atoms with Crippen molar-refractivity contribution in [3.05, 3.63) is 36.5 Å². The lowest BCUT2D eigenvalue weighted by Gasteiger charge is -2.40. The molecule has 0 saturated carbocycles. The summed E-state index contributed by atoms with van der Waals surface area (Å²) in [5, 5.41) is 54.4. The Morgan fingerprint density at radius 3 is 1.15 bits per heavy atom. The van der Waals surface area contributed by atoms with Gasteiger partial charge in [0.05, 0.1) is 25.4 Å². The van der Waals surface area contributed by atoms with Crippen molar-refractivity contribution in [2.75, 3.05) is 13.2 Å². The standard InChI is InChI=1S/C64H121NO8/c1-3-5-7-9-11-13-15-17-18-19-20-21-22-23-24-25-26-27-28-29-30-31-32-33-34-35-36-37-38-39-40-42-44-46-48-50-52-54-60(68)65-57(56-72-64-63(71)62(70)61(69)59(55-66)73-64)58(67)53-51-49-47-45-43-41-16-14-12-10-8-6-4-2/h27-28,43,45,51,53,57-59,61-64,66-67,69-71H,3-26,29-42,44,46-50,52,54-56H2,1-2H3,(H,65,68)/b28-27-,45-43+,53-51+. The summed E-state index contributed by atoms with van der Waals surface area (Å²) in [7, 11) is 0. The van der Waals surface area contributed by atoms with E-state index in [-0.39, 0.29) is 12.5 Å². The molecule has 1 aliphatic rings. The van der Waals surface area contributed by atoms with Crippen LogP contribution in [0.1, 0.15) is 309 Å². The molecule has 1 aliphatic heterocycles. The van der Waals surface area contributed by atoms with Crippen LogP contribution in [0.3, 0.4) is 0 Å². The van der Waals surface area contributed by atoms with E-state index >= 15 is 0 Å². The molecule has 1 heterocycles. The normalized spacial score (nSPS) is 19.2. The third-order valence-electron chi connectivity index (χ3n) is 15.2. The van der Waals surface area contributed by atoms with E-state index in [0.29, 0.717) is 6.42 Å². The summed E-state index contributed by atoms with van der Waals surface area (Å²) < 4.78 is 11.2. The van der Waals surface area contributed by atoms with Crippen LogP contribution in [0.2, 0.25) is 0 Å². The second kappa shape index (κ2) is 53.8. The van der Waals surface area contributed by atoms with E-state index in [1.165, 1.54) is 250 Å². The Balaban J connectivity index is 2.05. The lowest BCUT2D eigenvalue weighted by atomic mass is 9.99. The number of ether oxygens (including phenoxy) is 2. The van der Waals surface area contributed by atoms with Crippen molar-refractivity contribution in [1.29, 1.82) is 0 Å². The van der Waals surface area contributed by atoms with Gasteiger partial charge < -0.3 is 40.3 Å². The molecule has 1 saturated heterocycles. The summed E-state index contributed by atoms with van der Waals surface area (Å²) in [5.74, 6) is -0.183. The molecule has 0 radical (unpaired) electrons. The maximum absolute atomic E-state index is 13.0. The summed E-state index contributed by atoms with van der Waals surface area (Å²) in [4.78, 5) is 13.0. The highest BCUT2D eigenvalue weighted by Gasteiger charge is 2.44. The number of carbonyl (C=O) groups is 1. The number of allylic oxidation sites excluding steroid dienone is 5. The lowest BCUT2D eigenvalue weighted by Crippen LogP contribution is -2.60. The number of carbonyl (C=O) groups excluding carboxylic acids is 1. The Bertz CT molecular complexity index is 1240. The van der Waals surface area contributed by atoms with Crippen molar-refractivity contribution >= 4 is 5.91 Å². The van der Waals surface area contributed by atoms with Gasteiger partial charge in [0, 0.05) is 6.42 Å². The van der Waals surface area contributed by atoms with Crippen molar-refractivity contribution in [3.8, 4) is 0 Å². The predicted octanol–water partition coefficient (Wildman–Crippen LogP) is 16.3. The van der Waals surface area contributed by atoms with Crippen LogP contribution >= 0.6 is 0 Å². The molecule has 6 N–H and O–H groups in total. The summed E-state index contributed by atoms with van der Waals surface area (Å²) in [6.45, 7) is 3.78. The van der Waals surface area contributed by atoms with Gasteiger partial charge in [-0.25, -0.2) is 0 Å². The third-order valence-corrected chi connectivity index (χ3v) is 15.2. The first-order chi connectivity index (χ1) is 35.8. The van der Waals surface area contributed by atoms with Crippen molar-refractivity contribution in [2.24, 2.45) is 0 Å². The smallest absolute Gasteiger partial charge is 0.220 e. The van der Waals surface area contributed by atoms with Gasteiger partial charge in [-0.2, -0.15) is 0 Å². The molecule has 0 aliphatic carbocycles. The van der Waals surface area contributed by atoms with Gasteiger partial charge in [0.25, 0.3) is 0 Å². The van der Waals surface area contributed by atoms with Gasteiger partial charge in [-0.15, -0.1) is 0 Å². The molecule has 7 atom stereocenters. The fourth-order valence-corrected chi connectivity index (χ4v) is 10.2. The van der Waals surface area contributed by atoms with E-state index in [2.05, 4.69) is 43.5 Å². The van der Waals surface area contributed by atoms with Crippen LogP contribution in [-0.4, -0.2) is 87.5 Å². The van der Waals surface area contributed by atoms with Crippen LogP contribution in [0.15, 0.2) is 36.5 Å². The molecule has 0 aromatic rings. The summed E-state index contributed by atoms with van der Waals surface area (Å²) in [6.07, 6.45) is 64.0. The fraction of sp³-hybridized carbons (Fsp3) is 0.891. The van der Waals surface area contributed by atoms with Gasteiger partial charge in [-0.3, -0.25) is 4.79 Å². The molecule has 0 spiro atoms. The maximum atomic E-state index is 13.0. The van der Waals surface area contributed by atoms with Gasteiger partial charge in [0.2, 0.25) is 5.91 Å². The van der Waals surface area contributed by atoms with Crippen LogP contribution in [0, 0.1) is 0 Å². The number of aliphatic hydroxyl groups is 5. The van der Waals surface area contributed by atoms with Crippen LogP contribution in [0.4, 0.5) is 0 Å². The zero-order valence-corrected chi connectivity index (χ0v) is 47.9. The molecule has 9 nitrogen and oxygen atoms in total.